The van der Waals surface area contributed by atoms with Crippen LogP contribution >= 0.6 is 15.9 Å². The topological polar surface area (TPSA) is 12.5 Å². The van der Waals surface area contributed by atoms with Gasteiger partial charge >= 0.3 is 0 Å². The third-order valence-electron chi connectivity index (χ3n) is 3.47. The molecule has 106 valence electrons. The zero-order chi connectivity index (χ0) is 13.5. The molecule has 1 aromatic rings. The van der Waals surface area contributed by atoms with Crippen molar-refractivity contribution in [1.82, 2.24) is 4.90 Å². The van der Waals surface area contributed by atoms with E-state index in [-0.39, 0.29) is 5.82 Å². The van der Waals surface area contributed by atoms with E-state index < -0.39 is 0 Å². The van der Waals surface area contributed by atoms with Gasteiger partial charge in [0.05, 0.1) is 6.61 Å². The second-order valence-electron chi connectivity index (χ2n) is 5.03. The van der Waals surface area contributed by atoms with E-state index in [1.165, 1.54) is 44.8 Å². The number of rotatable bonds is 5. The Morgan fingerprint density at radius 3 is 2.58 bits per heavy atom. The Balaban J connectivity index is 1.68. The first-order valence-electron chi connectivity index (χ1n) is 7.06. The molecule has 2 nitrogen and oxygen atoms in total. The van der Waals surface area contributed by atoms with Gasteiger partial charge in [-0.15, -0.1) is 0 Å². The number of hydrogen-bond acceptors (Lipinski definition) is 2. The normalized spacial score (nSPS) is 17.2. The molecule has 1 aliphatic rings. The highest BCUT2D eigenvalue weighted by Gasteiger charge is 2.09. The molecule has 0 saturated carbocycles. The van der Waals surface area contributed by atoms with Crippen molar-refractivity contribution in [2.75, 3.05) is 26.2 Å². The molecule has 1 fully saturated rings. The van der Waals surface area contributed by atoms with Gasteiger partial charge in [-0.05, 0) is 50.6 Å². The molecule has 0 bridgehead atoms. The molecule has 0 aromatic heterocycles. The lowest BCUT2D eigenvalue weighted by atomic mass is 10.2. The van der Waals surface area contributed by atoms with Gasteiger partial charge in [-0.3, -0.25) is 0 Å². The van der Waals surface area contributed by atoms with Crippen LogP contribution < -0.4 is 4.74 Å². The average Bonchev–Trinajstić information content (AvgIpc) is 2.65. The molecule has 1 heterocycles. The standard InChI is InChI=1S/C15H21BrFNO/c16-13-6-7-15(14(17)12-13)19-11-5-10-18-8-3-1-2-4-9-18/h6-7,12H,1-5,8-11H2. The maximum absolute atomic E-state index is 13.5. The summed E-state index contributed by atoms with van der Waals surface area (Å²) in [6, 6.07) is 4.91. The highest BCUT2D eigenvalue weighted by molar-refractivity contribution is 9.10. The van der Waals surface area contributed by atoms with Gasteiger partial charge in [0.1, 0.15) is 0 Å². The Kier molecular flexibility index (Phi) is 6.11. The van der Waals surface area contributed by atoms with Crippen molar-refractivity contribution in [3.63, 3.8) is 0 Å². The highest BCUT2D eigenvalue weighted by atomic mass is 79.9. The summed E-state index contributed by atoms with van der Waals surface area (Å²) in [5.41, 5.74) is 0. The summed E-state index contributed by atoms with van der Waals surface area (Å²) in [6.07, 6.45) is 6.29. The lowest BCUT2D eigenvalue weighted by Crippen LogP contribution is -2.26. The minimum atomic E-state index is -0.302. The number of halogens is 2. The predicted molar refractivity (Wildman–Crippen MR) is 79.1 cm³/mol. The second-order valence-corrected chi connectivity index (χ2v) is 5.95. The molecular weight excluding hydrogens is 309 g/mol. The average molecular weight is 330 g/mol. The maximum Gasteiger partial charge on any atom is 0.166 e. The molecule has 0 amide bonds. The van der Waals surface area contributed by atoms with Crippen molar-refractivity contribution in [2.45, 2.75) is 32.1 Å². The van der Waals surface area contributed by atoms with Gasteiger partial charge in [-0.2, -0.15) is 0 Å². The van der Waals surface area contributed by atoms with Gasteiger partial charge in [0.25, 0.3) is 0 Å². The van der Waals surface area contributed by atoms with Crippen molar-refractivity contribution < 1.29 is 9.13 Å². The van der Waals surface area contributed by atoms with Crippen LogP contribution in [0.3, 0.4) is 0 Å². The van der Waals surface area contributed by atoms with Gasteiger partial charge in [0.2, 0.25) is 0 Å². The first-order valence-corrected chi connectivity index (χ1v) is 7.85. The summed E-state index contributed by atoms with van der Waals surface area (Å²) in [4.78, 5) is 2.49. The van der Waals surface area contributed by atoms with Crippen molar-refractivity contribution in [2.24, 2.45) is 0 Å². The second kappa shape index (κ2) is 7.85. The zero-order valence-electron chi connectivity index (χ0n) is 11.2. The number of ether oxygens (including phenoxy) is 1. The summed E-state index contributed by atoms with van der Waals surface area (Å²) in [5.74, 6) is 0.0446. The summed E-state index contributed by atoms with van der Waals surface area (Å²) in [7, 11) is 0. The Labute approximate surface area is 123 Å². The minimum absolute atomic E-state index is 0.302. The number of likely N-dealkylation sites (tertiary alicyclic amines) is 1. The van der Waals surface area contributed by atoms with Gasteiger partial charge in [-0.1, -0.05) is 28.8 Å². The van der Waals surface area contributed by atoms with Crippen molar-refractivity contribution in [3.05, 3.63) is 28.5 Å². The highest BCUT2D eigenvalue weighted by Crippen LogP contribution is 2.21. The van der Waals surface area contributed by atoms with Crippen LogP contribution in [0.4, 0.5) is 4.39 Å². The molecule has 1 aliphatic heterocycles. The van der Waals surface area contributed by atoms with Crippen LogP contribution in [0, 0.1) is 5.82 Å². The fraction of sp³-hybridized carbons (Fsp3) is 0.600. The van der Waals surface area contributed by atoms with E-state index in [2.05, 4.69) is 20.8 Å². The van der Waals surface area contributed by atoms with Gasteiger partial charge in [-0.25, -0.2) is 4.39 Å². The van der Waals surface area contributed by atoms with E-state index >= 15 is 0 Å². The summed E-state index contributed by atoms with van der Waals surface area (Å²) >= 11 is 3.24. The van der Waals surface area contributed by atoms with E-state index in [4.69, 9.17) is 4.74 Å². The Morgan fingerprint density at radius 2 is 1.89 bits per heavy atom. The van der Waals surface area contributed by atoms with Crippen LogP contribution in [0.2, 0.25) is 0 Å². The number of nitrogens with zero attached hydrogens (tertiary/aromatic N) is 1. The molecular formula is C15H21BrFNO. The van der Waals surface area contributed by atoms with Crippen LogP contribution in [-0.2, 0) is 0 Å². The quantitative estimate of drug-likeness (QED) is 0.749. The predicted octanol–water partition coefficient (Wildman–Crippen LogP) is 4.23. The molecule has 0 N–H and O–H groups in total. The van der Waals surface area contributed by atoms with Crippen molar-refractivity contribution >= 4 is 15.9 Å². The van der Waals surface area contributed by atoms with E-state index in [1.54, 1.807) is 12.1 Å². The molecule has 4 heteroatoms. The van der Waals surface area contributed by atoms with Gasteiger partial charge < -0.3 is 9.64 Å². The van der Waals surface area contributed by atoms with E-state index in [0.29, 0.717) is 12.4 Å². The Morgan fingerprint density at radius 1 is 1.16 bits per heavy atom. The van der Waals surface area contributed by atoms with Gasteiger partial charge in [0.15, 0.2) is 11.6 Å². The number of hydrogen-bond donors (Lipinski definition) is 0. The van der Waals surface area contributed by atoms with Crippen molar-refractivity contribution in [3.8, 4) is 5.75 Å². The summed E-state index contributed by atoms with van der Waals surface area (Å²) in [5, 5.41) is 0. The molecule has 0 spiro atoms. The molecule has 19 heavy (non-hydrogen) atoms. The first-order chi connectivity index (χ1) is 9.25. The third kappa shape index (κ3) is 5.11. The van der Waals surface area contributed by atoms with E-state index in [0.717, 1.165) is 17.4 Å². The Hall–Kier alpha value is -0.610. The van der Waals surface area contributed by atoms with Gasteiger partial charge in [0, 0.05) is 11.0 Å². The molecule has 0 radical (unpaired) electrons. The van der Waals surface area contributed by atoms with Crippen LogP contribution in [0.5, 0.6) is 5.75 Å². The summed E-state index contributed by atoms with van der Waals surface area (Å²) in [6.45, 7) is 4.03. The molecule has 1 aromatic carbocycles. The minimum Gasteiger partial charge on any atom is -0.490 e. The fourth-order valence-electron chi connectivity index (χ4n) is 2.42. The fourth-order valence-corrected chi connectivity index (χ4v) is 2.76. The Bertz CT molecular complexity index is 392. The van der Waals surface area contributed by atoms with Crippen LogP contribution in [0.25, 0.3) is 0 Å². The molecule has 0 atom stereocenters. The third-order valence-corrected chi connectivity index (χ3v) is 3.96. The van der Waals surface area contributed by atoms with Crippen molar-refractivity contribution in [1.29, 1.82) is 0 Å². The molecule has 0 aliphatic carbocycles. The molecule has 1 saturated heterocycles. The summed E-state index contributed by atoms with van der Waals surface area (Å²) < 4.78 is 19.8. The maximum atomic E-state index is 13.5. The monoisotopic (exact) mass is 329 g/mol. The van der Waals surface area contributed by atoms with E-state index in [9.17, 15) is 4.39 Å². The first kappa shape index (κ1) is 14.8. The zero-order valence-corrected chi connectivity index (χ0v) is 12.8. The lowest BCUT2D eigenvalue weighted by molar-refractivity contribution is 0.235. The lowest BCUT2D eigenvalue weighted by Gasteiger charge is -2.19. The largest absolute Gasteiger partial charge is 0.490 e. The molecule has 0 unspecified atom stereocenters. The molecule has 2 rings (SSSR count). The van der Waals surface area contributed by atoms with Crippen LogP contribution in [0.15, 0.2) is 22.7 Å². The van der Waals surface area contributed by atoms with Crippen LogP contribution in [0.1, 0.15) is 32.1 Å². The van der Waals surface area contributed by atoms with Crippen LogP contribution in [-0.4, -0.2) is 31.1 Å². The smallest absolute Gasteiger partial charge is 0.166 e. The number of benzene rings is 1. The SMILES string of the molecule is Fc1cc(Br)ccc1OCCCN1CCCCCC1. The van der Waals surface area contributed by atoms with E-state index in [1.807, 2.05) is 0 Å².